The van der Waals surface area contributed by atoms with Crippen molar-refractivity contribution in [1.82, 2.24) is 9.71 Å². The molecule has 1 aliphatic rings. The number of ether oxygens (including phenoxy) is 1. The summed E-state index contributed by atoms with van der Waals surface area (Å²) < 4.78 is 32.3. The predicted molar refractivity (Wildman–Crippen MR) is 72.4 cm³/mol. The predicted octanol–water partition coefficient (Wildman–Crippen LogP) is 1.16. The molecule has 3 N–H and O–H groups in total. The normalized spacial score (nSPS) is 21.5. The van der Waals surface area contributed by atoms with Crippen molar-refractivity contribution in [3.8, 4) is 0 Å². The van der Waals surface area contributed by atoms with Gasteiger partial charge in [0.05, 0.1) is 11.1 Å². The van der Waals surface area contributed by atoms with Crippen LogP contribution in [0.25, 0.3) is 0 Å². The number of nitrogen functional groups attached to an aromatic ring is 1. The topological polar surface area (TPSA) is 94.3 Å². The Morgan fingerprint density at radius 3 is 2.95 bits per heavy atom. The molecule has 1 aromatic rings. The van der Waals surface area contributed by atoms with Crippen LogP contribution in [0.4, 0.5) is 5.82 Å². The molecule has 2 rings (SSSR count). The molecule has 2 unspecified atom stereocenters. The van der Waals surface area contributed by atoms with Crippen molar-refractivity contribution in [3.05, 3.63) is 17.3 Å². The molecule has 106 valence electrons. The second kappa shape index (κ2) is 5.62. The third kappa shape index (κ3) is 3.36. The summed E-state index contributed by atoms with van der Waals surface area (Å²) in [7, 11) is -3.67. The number of sulfonamides is 1. The summed E-state index contributed by atoms with van der Waals surface area (Å²) in [6.07, 6.45) is 2.90. The molecule has 8 heteroatoms. The van der Waals surface area contributed by atoms with Gasteiger partial charge in [-0.15, -0.1) is 0 Å². The number of nitrogens with two attached hydrogens (primary N) is 1. The van der Waals surface area contributed by atoms with Crippen molar-refractivity contribution in [2.75, 3.05) is 12.3 Å². The Bertz CT molecular complexity index is 558. The van der Waals surface area contributed by atoms with Crippen LogP contribution in [0.5, 0.6) is 0 Å². The van der Waals surface area contributed by atoms with Gasteiger partial charge in [-0.3, -0.25) is 0 Å². The van der Waals surface area contributed by atoms with E-state index in [0.717, 1.165) is 12.8 Å². The number of halogens is 1. The highest BCUT2D eigenvalue weighted by atomic mass is 35.5. The zero-order valence-electron chi connectivity index (χ0n) is 10.5. The van der Waals surface area contributed by atoms with Gasteiger partial charge in [-0.2, -0.15) is 0 Å². The fourth-order valence-corrected chi connectivity index (χ4v) is 3.44. The minimum atomic E-state index is -3.67. The largest absolute Gasteiger partial charge is 0.382 e. The first-order chi connectivity index (χ1) is 8.90. The van der Waals surface area contributed by atoms with Crippen LogP contribution in [0, 0.1) is 0 Å². The van der Waals surface area contributed by atoms with Crippen molar-refractivity contribution < 1.29 is 13.2 Å². The smallest absolute Gasteiger partial charge is 0.242 e. The van der Waals surface area contributed by atoms with Gasteiger partial charge in [0.2, 0.25) is 10.0 Å². The SMILES string of the molecule is CC(NS(=O)(=O)c1cnc(N)c(Cl)c1)C1CCCO1. The molecule has 1 aromatic heterocycles. The fraction of sp³-hybridized carbons (Fsp3) is 0.545. The van der Waals surface area contributed by atoms with E-state index in [1.54, 1.807) is 6.92 Å². The zero-order chi connectivity index (χ0) is 14.0. The summed E-state index contributed by atoms with van der Waals surface area (Å²) in [5.74, 6) is 0.104. The van der Waals surface area contributed by atoms with E-state index in [4.69, 9.17) is 22.1 Å². The molecule has 0 spiro atoms. The van der Waals surface area contributed by atoms with Crippen molar-refractivity contribution in [2.24, 2.45) is 0 Å². The Hall–Kier alpha value is -0.890. The van der Waals surface area contributed by atoms with Crippen LogP contribution in [0.3, 0.4) is 0 Å². The van der Waals surface area contributed by atoms with Gasteiger partial charge >= 0.3 is 0 Å². The lowest BCUT2D eigenvalue weighted by Gasteiger charge is -2.19. The molecule has 1 saturated heterocycles. The van der Waals surface area contributed by atoms with Gasteiger partial charge in [-0.25, -0.2) is 18.1 Å². The third-order valence-corrected chi connectivity index (χ3v) is 4.85. The van der Waals surface area contributed by atoms with Crippen LogP contribution in [0.2, 0.25) is 5.02 Å². The van der Waals surface area contributed by atoms with Crippen LogP contribution < -0.4 is 10.5 Å². The Balaban J connectivity index is 2.15. The fourth-order valence-electron chi connectivity index (χ4n) is 1.96. The van der Waals surface area contributed by atoms with Crippen molar-refractivity contribution in [1.29, 1.82) is 0 Å². The molecule has 0 saturated carbocycles. The second-order valence-electron chi connectivity index (χ2n) is 4.50. The molecule has 0 aliphatic carbocycles. The summed E-state index contributed by atoms with van der Waals surface area (Å²) in [5, 5.41) is 0.118. The van der Waals surface area contributed by atoms with Crippen LogP contribution >= 0.6 is 11.6 Å². The third-order valence-electron chi connectivity index (χ3n) is 3.02. The molecule has 6 nitrogen and oxygen atoms in total. The van der Waals surface area contributed by atoms with E-state index in [1.165, 1.54) is 12.3 Å². The summed E-state index contributed by atoms with van der Waals surface area (Å²) in [6, 6.07) is 0.984. The van der Waals surface area contributed by atoms with E-state index >= 15 is 0 Å². The lowest BCUT2D eigenvalue weighted by atomic mass is 10.1. The first-order valence-electron chi connectivity index (χ1n) is 5.95. The van der Waals surface area contributed by atoms with Gasteiger partial charge < -0.3 is 10.5 Å². The van der Waals surface area contributed by atoms with Gasteiger partial charge in [-0.05, 0) is 25.8 Å². The first kappa shape index (κ1) is 14.5. The average Bonchev–Trinajstić information content (AvgIpc) is 2.85. The Morgan fingerprint density at radius 1 is 1.63 bits per heavy atom. The monoisotopic (exact) mass is 305 g/mol. The first-order valence-corrected chi connectivity index (χ1v) is 7.81. The number of hydrogen-bond donors (Lipinski definition) is 2. The summed E-state index contributed by atoms with van der Waals surface area (Å²) in [4.78, 5) is 3.74. The van der Waals surface area contributed by atoms with E-state index < -0.39 is 10.0 Å². The molecule has 2 atom stereocenters. The Morgan fingerprint density at radius 2 is 2.37 bits per heavy atom. The molecule has 0 amide bonds. The Labute approximate surface area is 117 Å². The van der Waals surface area contributed by atoms with E-state index in [2.05, 4.69) is 9.71 Å². The van der Waals surface area contributed by atoms with E-state index in [1.807, 2.05) is 0 Å². The van der Waals surface area contributed by atoms with Crippen LogP contribution in [0.1, 0.15) is 19.8 Å². The second-order valence-corrected chi connectivity index (χ2v) is 6.62. The molecular weight excluding hydrogens is 290 g/mol. The average molecular weight is 306 g/mol. The maximum absolute atomic E-state index is 12.2. The highest BCUT2D eigenvalue weighted by Gasteiger charge is 2.27. The summed E-state index contributed by atoms with van der Waals surface area (Å²) in [6.45, 7) is 2.45. The van der Waals surface area contributed by atoms with Crippen molar-refractivity contribution >= 4 is 27.4 Å². The zero-order valence-corrected chi connectivity index (χ0v) is 12.0. The summed E-state index contributed by atoms with van der Waals surface area (Å²) in [5.41, 5.74) is 5.45. The number of aromatic nitrogens is 1. The van der Waals surface area contributed by atoms with Gasteiger partial charge in [0.25, 0.3) is 0 Å². The number of nitrogens with one attached hydrogen (secondary N) is 1. The van der Waals surface area contributed by atoms with Crippen molar-refractivity contribution in [3.63, 3.8) is 0 Å². The number of anilines is 1. The maximum atomic E-state index is 12.2. The summed E-state index contributed by atoms with van der Waals surface area (Å²) >= 11 is 5.78. The number of rotatable bonds is 4. The van der Waals surface area contributed by atoms with E-state index in [9.17, 15) is 8.42 Å². The number of hydrogen-bond acceptors (Lipinski definition) is 5. The van der Waals surface area contributed by atoms with Gasteiger partial charge in [-0.1, -0.05) is 11.6 Å². The molecule has 1 aliphatic heterocycles. The van der Waals surface area contributed by atoms with Crippen molar-refractivity contribution in [2.45, 2.75) is 36.8 Å². The maximum Gasteiger partial charge on any atom is 0.242 e. The minimum Gasteiger partial charge on any atom is -0.382 e. The number of nitrogens with zero attached hydrogens (tertiary/aromatic N) is 1. The molecule has 0 radical (unpaired) electrons. The van der Waals surface area contributed by atoms with Crippen LogP contribution in [-0.4, -0.2) is 32.2 Å². The van der Waals surface area contributed by atoms with E-state index in [0.29, 0.717) is 6.61 Å². The van der Waals surface area contributed by atoms with Gasteiger partial charge in [0, 0.05) is 18.8 Å². The molecule has 2 heterocycles. The Kier molecular flexibility index (Phi) is 4.29. The van der Waals surface area contributed by atoms with Gasteiger partial charge in [0.15, 0.2) is 0 Å². The van der Waals surface area contributed by atoms with E-state index in [-0.39, 0.29) is 27.9 Å². The number of pyridine rings is 1. The molecule has 0 bridgehead atoms. The molecular formula is C11H16ClN3O3S. The lowest BCUT2D eigenvalue weighted by molar-refractivity contribution is 0.0902. The highest BCUT2D eigenvalue weighted by molar-refractivity contribution is 7.89. The van der Waals surface area contributed by atoms with Crippen LogP contribution in [0.15, 0.2) is 17.2 Å². The van der Waals surface area contributed by atoms with Gasteiger partial charge in [0.1, 0.15) is 10.7 Å². The minimum absolute atomic E-state index is 0.00320. The van der Waals surface area contributed by atoms with Crippen LogP contribution in [-0.2, 0) is 14.8 Å². The standard InChI is InChI=1S/C11H16ClN3O3S/c1-7(10-3-2-4-18-10)15-19(16,17)8-5-9(12)11(13)14-6-8/h5-7,10,15H,2-4H2,1H3,(H2,13,14). The molecule has 19 heavy (non-hydrogen) atoms. The molecule has 0 aromatic carbocycles. The highest BCUT2D eigenvalue weighted by Crippen LogP contribution is 2.21. The lowest BCUT2D eigenvalue weighted by Crippen LogP contribution is -2.40. The molecule has 1 fully saturated rings. The quantitative estimate of drug-likeness (QED) is 0.870.